The Bertz CT molecular complexity index is 957. The van der Waals surface area contributed by atoms with E-state index in [2.05, 4.69) is 10.2 Å². The highest BCUT2D eigenvalue weighted by Crippen LogP contribution is 2.25. The van der Waals surface area contributed by atoms with Gasteiger partial charge in [0, 0.05) is 37.5 Å². The van der Waals surface area contributed by atoms with E-state index in [1.54, 1.807) is 35.7 Å². The van der Waals surface area contributed by atoms with E-state index in [0.717, 1.165) is 11.3 Å². The lowest BCUT2D eigenvalue weighted by Crippen LogP contribution is -2.27. The summed E-state index contributed by atoms with van der Waals surface area (Å²) in [6, 6.07) is 15.5. The van der Waals surface area contributed by atoms with Gasteiger partial charge in [-0.2, -0.15) is 0 Å². The number of non-ortho nitro benzene ring substituents is 1. The first-order valence-corrected chi connectivity index (χ1v) is 9.04. The van der Waals surface area contributed by atoms with Crippen molar-refractivity contribution in [2.45, 2.75) is 5.16 Å². The van der Waals surface area contributed by atoms with E-state index in [-0.39, 0.29) is 17.3 Å². The molecular weight excluding hydrogens is 366 g/mol. The summed E-state index contributed by atoms with van der Waals surface area (Å²) in [6.07, 6.45) is 0. The molecule has 1 amide bonds. The number of anilines is 1. The summed E-state index contributed by atoms with van der Waals surface area (Å²) >= 11 is 1.29. The van der Waals surface area contributed by atoms with Crippen LogP contribution < -0.4 is 4.90 Å². The van der Waals surface area contributed by atoms with Gasteiger partial charge in [0.1, 0.15) is 0 Å². The molecule has 3 rings (SSSR count). The molecule has 3 aromatic rings. The van der Waals surface area contributed by atoms with Gasteiger partial charge in [0.25, 0.3) is 5.69 Å². The van der Waals surface area contributed by atoms with Crippen LogP contribution >= 0.6 is 11.8 Å². The average molecular weight is 383 g/mol. The van der Waals surface area contributed by atoms with Crippen LogP contribution in [0, 0.1) is 10.1 Å². The average Bonchev–Trinajstić information content (AvgIpc) is 3.06. The van der Waals surface area contributed by atoms with Crippen LogP contribution in [0.4, 0.5) is 11.4 Å². The van der Waals surface area contributed by atoms with Gasteiger partial charge < -0.3 is 9.47 Å². The van der Waals surface area contributed by atoms with Gasteiger partial charge in [-0.05, 0) is 24.3 Å². The third kappa shape index (κ3) is 4.14. The van der Waals surface area contributed by atoms with E-state index in [1.165, 1.54) is 23.9 Å². The van der Waals surface area contributed by atoms with E-state index in [9.17, 15) is 14.9 Å². The van der Waals surface area contributed by atoms with Crippen LogP contribution in [-0.4, -0.2) is 38.4 Å². The van der Waals surface area contributed by atoms with Crippen LogP contribution in [0.1, 0.15) is 0 Å². The lowest BCUT2D eigenvalue weighted by molar-refractivity contribution is -0.384. The van der Waals surface area contributed by atoms with Gasteiger partial charge >= 0.3 is 0 Å². The molecule has 0 radical (unpaired) electrons. The smallest absolute Gasteiger partial charge is 0.269 e. The van der Waals surface area contributed by atoms with Crippen molar-refractivity contribution >= 4 is 29.0 Å². The zero-order chi connectivity index (χ0) is 19.4. The summed E-state index contributed by atoms with van der Waals surface area (Å²) in [4.78, 5) is 24.3. The van der Waals surface area contributed by atoms with Crippen molar-refractivity contribution < 1.29 is 9.72 Å². The van der Waals surface area contributed by atoms with E-state index < -0.39 is 4.92 Å². The van der Waals surface area contributed by atoms with Crippen molar-refractivity contribution in [3.05, 3.63) is 64.7 Å². The first-order valence-electron chi connectivity index (χ1n) is 8.06. The number of nitrogens with zero attached hydrogens (tertiary/aromatic N) is 5. The number of nitro groups is 1. The zero-order valence-corrected chi connectivity index (χ0v) is 15.6. The van der Waals surface area contributed by atoms with Gasteiger partial charge in [0.15, 0.2) is 11.0 Å². The van der Waals surface area contributed by atoms with Crippen LogP contribution in [0.3, 0.4) is 0 Å². The molecule has 1 aromatic heterocycles. The summed E-state index contributed by atoms with van der Waals surface area (Å²) in [6.45, 7) is 0. The first kappa shape index (κ1) is 18.6. The quantitative estimate of drug-likeness (QED) is 0.369. The minimum Gasteiger partial charge on any atom is -0.315 e. The molecule has 8 nitrogen and oxygen atoms in total. The Morgan fingerprint density at radius 2 is 1.81 bits per heavy atom. The fourth-order valence-electron chi connectivity index (χ4n) is 2.44. The maximum atomic E-state index is 12.4. The van der Waals surface area contributed by atoms with Crippen LogP contribution in [-0.2, 0) is 11.8 Å². The number of para-hydroxylation sites is 1. The maximum Gasteiger partial charge on any atom is 0.269 e. The Kier molecular flexibility index (Phi) is 5.51. The third-order valence-electron chi connectivity index (χ3n) is 4.01. The molecule has 1 heterocycles. The molecule has 0 fully saturated rings. The van der Waals surface area contributed by atoms with Crippen LogP contribution in [0.5, 0.6) is 0 Å². The predicted molar refractivity (Wildman–Crippen MR) is 104 cm³/mol. The highest BCUT2D eigenvalue weighted by atomic mass is 32.2. The maximum absolute atomic E-state index is 12.4. The molecule has 0 spiro atoms. The van der Waals surface area contributed by atoms with Crippen LogP contribution in [0.2, 0.25) is 0 Å². The monoisotopic (exact) mass is 383 g/mol. The third-order valence-corrected chi connectivity index (χ3v) is 5.02. The predicted octanol–water partition coefficient (Wildman–Crippen LogP) is 3.15. The molecule has 27 heavy (non-hydrogen) atoms. The Hall–Kier alpha value is -3.20. The van der Waals surface area contributed by atoms with Crippen molar-refractivity contribution in [1.29, 1.82) is 0 Å². The van der Waals surface area contributed by atoms with E-state index in [4.69, 9.17) is 0 Å². The Labute approximate surface area is 160 Å². The highest BCUT2D eigenvalue weighted by molar-refractivity contribution is 7.99. The number of aromatic nitrogens is 3. The molecule has 0 saturated heterocycles. The lowest BCUT2D eigenvalue weighted by atomic mass is 10.2. The molecule has 0 saturated carbocycles. The van der Waals surface area contributed by atoms with Crippen LogP contribution in [0.15, 0.2) is 59.8 Å². The Balaban J connectivity index is 1.68. The molecule has 0 aliphatic carbocycles. The van der Waals surface area contributed by atoms with Crippen molar-refractivity contribution in [2.75, 3.05) is 17.7 Å². The molecule has 0 aliphatic heterocycles. The summed E-state index contributed by atoms with van der Waals surface area (Å²) < 4.78 is 1.77. The molecule has 0 aliphatic rings. The Morgan fingerprint density at radius 3 is 2.44 bits per heavy atom. The summed E-state index contributed by atoms with van der Waals surface area (Å²) in [5.74, 6) is 0.750. The number of carbonyl (C=O) groups excluding carboxylic acids is 1. The Morgan fingerprint density at radius 1 is 1.15 bits per heavy atom. The minimum absolute atomic E-state index is 0.0186. The van der Waals surface area contributed by atoms with Crippen molar-refractivity contribution in [2.24, 2.45) is 7.05 Å². The zero-order valence-electron chi connectivity index (χ0n) is 14.8. The topological polar surface area (TPSA) is 94.2 Å². The second-order valence-corrected chi connectivity index (χ2v) is 6.69. The SMILES string of the molecule is CN(C(=O)CSc1nnc(-c2ccc([N+](=O)[O-])cc2)n1C)c1ccccc1. The number of thioether (sulfide) groups is 1. The van der Waals surface area contributed by atoms with Gasteiger partial charge in [-0.3, -0.25) is 14.9 Å². The minimum atomic E-state index is -0.448. The van der Waals surface area contributed by atoms with Crippen molar-refractivity contribution in [3.8, 4) is 11.4 Å². The molecular formula is C18H17N5O3S. The number of carbonyl (C=O) groups is 1. The second kappa shape index (κ2) is 8.00. The lowest BCUT2D eigenvalue weighted by Gasteiger charge is -2.16. The molecule has 0 unspecified atom stereocenters. The fourth-order valence-corrected chi connectivity index (χ4v) is 3.27. The molecule has 0 bridgehead atoms. The first-order chi connectivity index (χ1) is 13.0. The summed E-state index contributed by atoms with van der Waals surface area (Å²) in [7, 11) is 3.53. The number of hydrogen-bond acceptors (Lipinski definition) is 6. The summed E-state index contributed by atoms with van der Waals surface area (Å²) in [5.41, 5.74) is 1.56. The second-order valence-electron chi connectivity index (χ2n) is 5.75. The van der Waals surface area contributed by atoms with Gasteiger partial charge in [-0.1, -0.05) is 30.0 Å². The van der Waals surface area contributed by atoms with E-state index in [1.807, 2.05) is 30.3 Å². The summed E-state index contributed by atoms with van der Waals surface area (Å²) in [5, 5.41) is 19.6. The highest BCUT2D eigenvalue weighted by Gasteiger charge is 2.16. The number of benzene rings is 2. The van der Waals surface area contributed by atoms with Gasteiger partial charge in [-0.15, -0.1) is 10.2 Å². The number of hydrogen-bond donors (Lipinski definition) is 0. The normalized spacial score (nSPS) is 10.6. The van der Waals surface area contributed by atoms with Crippen LogP contribution in [0.25, 0.3) is 11.4 Å². The molecule has 0 N–H and O–H groups in total. The number of nitro benzene ring substituents is 1. The fraction of sp³-hybridized carbons (Fsp3) is 0.167. The molecule has 0 atom stereocenters. The molecule has 9 heteroatoms. The van der Waals surface area contributed by atoms with Gasteiger partial charge in [0.05, 0.1) is 10.7 Å². The molecule has 138 valence electrons. The van der Waals surface area contributed by atoms with E-state index >= 15 is 0 Å². The largest absolute Gasteiger partial charge is 0.315 e. The van der Waals surface area contributed by atoms with Crippen molar-refractivity contribution in [1.82, 2.24) is 14.8 Å². The molecule has 2 aromatic carbocycles. The number of rotatable bonds is 6. The van der Waals surface area contributed by atoms with E-state index in [0.29, 0.717) is 11.0 Å². The standard InChI is InChI=1S/C18H17N5O3S/c1-21(14-6-4-3-5-7-14)16(24)12-27-18-20-19-17(22(18)2)13-8-10-15(11-9-13)23(25)26/h3-11H,12H2,1-2H3. The van der Waals surface area contributed by atoms with Gasteiger partial charge in [-0.25, -0.2) is 0 Å². The van der Waals surface area contributed by atoms with Gasteiger partial charge in [0.2, 0.25) is 5.91 Å². The number of amides is 1. The van der Waals surface area contributed by atoms with Crippen molar-refractivity contribution in [3.63, 3.8) is 0 Å².